The molecule has 0 aliphatic rings. The highest BCUT2D eigenvalue weighted by Crippen LogP contribution is 2.27. The Morgan fingerprint density at radius 3 is 1.83 bits per heavy atom. The van der Waals surface area contributed by atoms with Gasteiger partial charge >= 0.3 is 5.97 Å². The van der Waals surface area contributed by atoms with Crippen molar-refractivity contribution in [1.29, 1.82) is 0 Å². The molecule has 0 aliphatic heterocycles. The lowest BCUT2D eigenvalue weighted by Gasteiger charge is -2.30. The molecule has 106 valence electrons. The Kier molecular flexibility index (Phi) is 8.78. The maximum Gasteiger partial charge on any atom is 0.333 e. The fourth-order valence-electron chi connectivity index (χ4n) is 2.04. The Labute approximate surface area is 113 Å². The Balaban J connectivity index is 4.37. The van der Waals surface area contributed by atoms with E-state index in [1.807, 2.05) is 0 Å². The summed E-state index contributed by atoms with van der Waals surface area (Å²) in [5, 5.41) is 0. The molecule has 0 aromatic heterocycles. The molecule has 0 aliphatic carbocycles. The van der Waals surface area contributed by atoms with Crippen molar-refractivity contribution in [2.45, 2.75) is 84.7 Å². The number of carbonyl (C=O) groups is 1. The summed E-state index contributed by atoms with van der Waals surface area (Å²) >= 11 is 0. The number of carbonyl (C=O) groups excluding carboxylic acids is 1. The van der Waals surface area contributed by atoms with Gasteiger partial charge < -0.3 is 4.74 Å². The number of unbranched alkanes of at least 4 members (excludes halogenated alkanes) is 4. The third-order valence-electron chi connectivity index (χ3n) is 3.31. The van der Waals surface area contributed by atoms with E-state index in [0.29, 0.717) is 5.57 Å². The topological polar surface area (TPSA) is 26.3 Å². The van der Waals surface area contributed by atoms with Gasteiger partial charge in [-0.2, -0.15) is 0 Å². The molecule has 0 N–H and O–H groups in total. The van der Waals surface area contributed by atoms with E-state index in [9.17, 15) is 4.79 Å². The molecule has 0 spiro atoms. The lowest BCUT2D eigenvalue weighted by Crippen LogP contribution is -2.32. The smallest absolute Gasteiger partial charge is 0.333 e. The van der Waals surface area contributed by atoms with E-state index in [2.05, 4.69) is 27.4 Å². The van der Waals surface area contributed by atoms with Crippen LogP contribution in [0.2, 0.25) is 0 Å². The van der Waals surface area contributed by atoms with Gasteiger partial charge in [-0.25, -0.2) is 4.79 Å². The molecule has 0 aromatic carbocycles. The SMILES string of the molecule is C=C(C)C(=O)OC(C)(CCCCC)CCCCC. The van der Waals surface area contributed by atoms with Gasteiger partial charge in [-0.1, -0.05) is 46.1 Å². The van der Waals surface area contributed by atoms with E-state index in [1.54, 1.807) is 6.92 Å². The highest BCUT2D eigenvalue weighted by molar-refractivity contribution is 5.87. The van der Waals surface area contributed by atoms with Crippen molar-refractivity contribution in [3.8, 4) is 0 Å². The second-order valence-electron chi connectivity index (χ2n) is 5.53. The molecule has 2 heteroatoms. The third-order valence-corrected chi connectivity index (χ3v) is 3.31. The zero-order valence-corrected chi connectivity index (χ0v) is 12.7. The maximum atomic E-state index is 11.7. The van der Waals surface area contributed by atoms with Crippen molar-refractivity contribution in [2.24, 2.45) is 0 Å². The van der Waals surface area contributed by atoms with Crippen molar-refractivity contribution in [3.05, 3.63) is 12.2 Å². The fourth-order valence-corrected chi connectivity index (χ4v) is 2.04. The quantitative estimate of drug-likeness (QED) is 0.311. The molecule has 0 heterocycles. The van der Waals surface area contributed by atoms with E-state index in [0.717, 1.165) is 25.7 Å². The molecule has 0 radical (unpaired) electrons. The molecule has 0 atom stereocenters. The number of esters is 1. The van der Waals surface area contributed by atoms with Gasteiger partial charge in [0.1, 0.15) is 5.60 Å². The largest absolute Gasteiger partial charge is 0.456 e. The van der Waals surface area contributed by atoms with Gasteiger partial charge in [-0.3, -0.25) is 0 Å². The summed E-state index contributed by atoms with van der Waals surface area (Å²) < 4.78 is 5.65. The van der Waals surface area contributed by atoms with Gasteiger partial charge in [0, 0.05) is 5.57 Å². The minimum absolute atomic E-state index is 0.245. The lowest BCUT2D eigenvalue weighted by molar-refractivity contribution is -0.154. The van der Waals surface area contributed by atoms with E-state index < -0.39 is 0 Å². The Bertz CT molecular complexity index is 246. The summed E-state index contributed by atoms with van der Waals surface area (Å²) in [6, 6.07) is 0. The van der Waals surface area contributed by atoms with E-state index >= 15 is 0 Å². The van der Waals surface area contributed by atoms with Crippen molar-refractivity contribution >= 4 is 5.97 Å². The Morgan fingerprint density at radius 2 is 1.50 bits per heavy atom. The molecule has 0 saturated carbocycles. The summed E-state index contributed by atoms with van der Waals surface area (Å²) in [6.07, 6.45) is 8.97. The molecule has 0 rings (SSSR count). The normalized spacial score (nSPS) is 11.3. The monoisotopic (exact) mass is 254 g/mol. The molecular weight excluding hydrogens is 224 g/mol. The average molecular weight is 254 g/mol. The Hall–Kier alpha value is -0.790. The first kappa shape index (κ1) is 17.2. The van der Waals surface area contributed by atoms with Gasteiger partial charge in [0.2, 0.25) is 0 Å². The highest BCUT2D eigenvalue weighted by atomic mass is 16.6. The second kappa shape index (κ2) is 9.18. The van der Waals surface area contributed by atoms with Crippen LogP contribution in [0.4, 0.5) is 0 Å². The number of hydrogen-bond acceptors (Lipinski definition) is 2. The van der Waals surface area contributed by atoms with Crippen LogP contribution in [0.1, 0.15) is 79.1 Å². The summed E-state index contributed by atoms with van der Waals surface area (Å²) in [5.41, 5.74) is 0.188. The van der Waals surface area contributed by atoms with E-state index in [-0.39, 0.29) is 11.6 Å². The summed E-state index contributed by atoms with van der Waals surface area (Å²) in [7, 11) is 0. The predicted octanol–water partition coefficient (Wildman–Crippen LogP) is 5.03. The minimum atomic E-state index is -0.305. The Morgan fingerprint density at radius 1 is 1.06 bits per heavy atom. The van der Waals surface area contributed by atoms with Gasteiger partial charge in [0.05, 0.1) is 0 Å². The van der Waals surface area contributed by atoms with Gasteiger partial charge in [-0.05, 0) is 39.5 Å². The molecule has 0 aromatic rings. The average Bonchev–Trinajstić information content (AvgIpc) is 2.29. The van der Waals surface area contributed by atoms with Crippen LogP contribution in [-0.4, -0.2) is 11.6 Å². The van der Waals surface area contributed by atoms with E-state index in [1.165, 1.54) is 25.7 Å². The van der Waals surface area contributed by atoms with Crippen LogP contribution in [0.25, 0.3) is 0 Å². The van der Waals surface area contributed by atoms with Gasteiger partial charge in [0.15, 0.2) is 0 Å². The fraction of sp³-hybridized carbons (Fsp3) is 0.812. The number of ether oxygens (including phenoxy) is 1. The summed E-state index contributed by atoms with van der Waals surface area (Å²) in [6.45, 7) is 11.8. The zero-order chi connectivity index (χ0) is 14.0. The van der Waals surface area contributed by atoms with Crippen LogP contribution >= 0.6 is 0 Å². The van der Waals surface area contributed by atoms with Gasteiger partial charge in [-0.15, -0.1) is 0 Å². The van der Waals surface area contributed by atoms with Gasteiger partial charge in [0.25, 0.3) is 0 Å². The molecule has 0 saturated heterocycles. The van der Waals surface area contributed by atoms with Crippen LogP contribution in [0, 0.1) is 0 Å². The van der Waals surface area contributed by atoms with Crippen molar-refractivity contribution in [1.82, 2.24) is 0 Å². The molecule has 0 unspecified atom stereocenters. The first-order valence-electron chi connectivity index (χ1n) is 7.34. The molecule has 0 amide bonds. The number of rotatable bonds is 10. The van der Waals surface area contributed by atoms with Crippen LogP contribution < -0.4 is 0 Å². The minimum Gasteiger partial charge on any atom is -0.456 e. The molecule has 0 bridgehead atoms. The standard InChI is InChI=1S/C16H30O2/c1-6-8-10-12-16(5,13-11-9-7-2)18-15(17)14(3)4/h3,6-13H2,1-2,4-5H3. The van der Waals surface area contributed by atoms with Crippen LogP contribution in [0.5, 0.6) is 0 Å². The molecule has 2 nitrogen and oxygen atoms in total. The summed E-state index contributed by atoms with van der Waals surface area (Å²) in [4.78, 5) is 11.7. The maximum absolute atomic E-state index is 11.7. The predicted molar refractivity (Wildman–Crippen MR) is 77.6 cm³/mol. The first-order chi connectivity index (χ1) is 8.45. The van der Waals surface area contributed by atoms with E-state index in [4.69, 9.17) is 4.74 Å². The lowest BCUT2D eigenvalue weighted by atomic mass is 9.91. The first-order valence-corrected chi connectivity index (χ1v) is 7.34. The second-order valence-corrected chi connectivity index (χ2v) is 5.53. The van der Waals surface area contributed by atoms with Crippen molar-refractivity contribution in [2.75, 3.05) is 0 Å². The summed E-state index contributed by atoms with van der Waals surface area (Å²) in [5.74, 6) is -0.245. The third kappa shape index (κ3) is 7.52. The molecule has 18 heavy (non-hydrogen) atoms. The molecule has 0 fully saturated rings. The highest BCUT2D eigenvalue weighted by Gasteiger charge is 2.27. The van der Waals surface area contributed by atoms with Crippen molar-refractivity contribution < 1.29 is 9.53 Å². The zero-order valence-electron chi connectivity index (χ0n) is 12.7. The van der Waals surface area contributed by atoms with Crippen LogP contribution in [-0.2, 0) is 9.53 Å². The van der Waals surface area contributed by atoms with Crippen LogP contribution in [0.15, 0.2) is 12.2 Å². The number of hydrogen-bond donors (Lipinski definition) is 0. The van der Waals surface area contributed by atoms with Crippen molar-refractivity contribution in [3.63, 3.8) is 0 Å². The molecular formula is C16H30O2. The van der Waals surface area contributed by atoms with Crippen LogP contribution in [0.3, 0.4) is 0 Å².